The molecule has 16 rings (SSSR count). The zero-order valence-corrected chi connectivity index (χ0v) is 50.5. The monoisotopic (exact) mass is 1170 g/mol. The highest BCUT2D eigenvalue weighted by Gasteiger charge is 2.35. The van der Waals surface area contributed by atoms with Gasteiger partial charge in [0.1, 0.15) is 62.8 Å². The summed E-state index contributed by atoms with van der Waals surface area (Å²) in [5.74, 6) is 5.25. The molecule has 3 aromatic heterocycles. The largest absolute Gasteiger partial charge is 0.495 e. The first kappa shape index (κ1) is 53.7. The Morgan fingerprint density at radius 1 is 0.315 bits per heavy atom. The number of ether oxygens (including phenoxy) is 7. The van der Waals surface area contributed by atoms with Gasteiger partial charge in [-0.25, -0.2) is 29.9 Å². The van der Waals surface area contributed by atoms with Crippen LogP contribution in [-0.2, 0) is 0 Å². The number of hydrogen-bond donors (Lipinski definition) is 2. The molecule has 0 radical (unpaired) electrons. The van der Waals surface area contributed by atoms with Crippen LogP contribution in [0.15, 0.2) is 133 Å². The Labute approximate surface area is 510 Å². The van der Waals surface area contributed by atoms with E-state index in [0.717, 1.165) is 112 Å². The lowest BCUT2D eigenvalue weighted by Gasteiger charge is -2.17. The summed E-state index contributed by atoms with van der Waals surface area (Å²) < 4.78 is 47.2. The first-order valence-electron chi connectivity index (χ1n) is 30.2. The highest BCUT2D eigenvalue weighted by Crippen LogP contribution is 2.56. The summed E-state index contributed by atoms with van der Waals surface area (Å²) in [6, 6.07) is 46.0. The van der Waals surface area contributed by atoms with Crippen LogP contribution in [0, 0.1) is 6.92 Å². The molecule has 14 aromatic rings. The maximum absolute atomic E-state index is 7.06. The molecule has 0 aliphatic carbocycles. The van der Waals surface area contributed by atoms with Crippen molar-refractivity contribution in [3.63, 3.8) is 0 Å². The fourth-order valence-electron chi connectivity index (χ4n) is 13.7. The van der Waals surface area contributed by atoms with Crippen molar-refractivity contribution in [3.8, 4) is 85.8 Å². The van der Waals surface area contributed by atoms with Crippen LogP contribution < -0.4 is 33.2 Å². The van der Waals surface area contributed by atoms with Crippen molar-refractivity contribution in [1.29, 1.82) is 0 Å². The van der Waals surface area contributed by atoms with E-state index in [0.29, 0.717) is 138 Å². The highest BCUT2D eigenvalue weighted by molar-refractivity contribution is 6.23. The summed E-state index contributed by atoms with van der Waals surface area (Å²) >= 11 is 0. The molecule has 0 amide bonds. The number of methoxy groups -OCH3 is 5. The van der Waals surface area contributed by atoms with Gasteiger partial charge in [0.15, 0.2) is 23.3 Å². The predicted octanol–water partition coefficient (Wildman–Crippen LogP) is 17.7. The van der Waals surface area contributed by atoms with Crippen LogP contribution in [0.2, 0.25) is 0 Å². The Kier molecular flexibility index (Phi) is 12.6. The molecule has 8 bridgehead atoms. The minimum Gasteiger partial charge on any atom is -0.495 e. The van der Waals surface area contributed by atoms with Gasteiger partial charge in [-0.2, -0.15) is 0 Å². The van der Waals surface area contributed by atoms with Crippen LogP contribution in [0.4, 0.5) is 0 Å². The number of aryl methyl sites for hydroxylation is 1. The Morgan fingerprint density at radius 2 is 0.596 bits per heavy atom. The summed E-state index contributed by atoms with van der Waals surface area (Å²) in [4.78, 5) is 41.4. The molecule has 0 fully saturated rings. The zero-order valence-electron chi connectivity index (χ0n) is 50.5. The molecule has 5 heterocycles. The van der Waals surface area contributed by atoms with Gasteiger partial charge < -0.3 is 43.1 Å². The number of H-pyrrole nitrogens is 2. The van der Waals surface area contributed by atoms with Crippen LogP contribution in [0.5, 0.6) is 40.2 Å². The van der Waals surface area contributed by atoms with Gasteiger partial charge in [0.05, 0.1) is 87.2 Å². The first-order valence-corrected chi connectivity index (χ1v) is 30.2. The van der Waals surface area contributed by atoms with E-state index in [-0.39, 0.29) is 0 Å². The topological polar surface area (TPSA) is 174 Å². The van der Waals surface area contributed by atoms with Gasteiger partial charge in [-0.05, 0) is 99.4 Å². The second-order valence-electron chi connectivity index (χ2n) is 22.7. The lowest BCUT2D eigenvalue weighted by atomic mass is 9.95. The molecule has 0 saturated heterocycles. The van der Waals surface area contributed by atoms with E-state index in [1.54, 1.807) is 35.5 Å². The third-order valence-electron chi connectivity index (χ3n) is 17.8. The van der Waals surface area contributed by atoms with Crippen molar-refractivity contribution >= 4 is 120 Å². The van der Waals surface area contributed by atoms with Gasteiger partial charge in [-0.15, -0.1) is 0 Å². The van der Waals surface area contributed by atoms with E-state index in [4.69, 9.17) is 63.1 Å². The maximum atomic E-state index is 7.06. The van der Waals surface area contributed by atoms with E-state index in [1.807, 2.05) is 42.5 Å². The van der Waals surface area contributed by atoms with Gasteiger partial charge >= 0.3 is 0 Å². The molecule has 0 spiro atoms. The molecule has 11 aromatic carbocycles. The molecule has 15 nitrogen and oxygen atoms in total. The fourth-order valence-corrected chi connectivity index (χ4v) is 13.7. The number of nitrogens with zero attached hydrogens (tertiary/aromatic N) is 6. The number of benzene rings is 11. The molecule has 0 saturated carbocycles. The number of rotatable bonds is 13. The summed E-state index contributed by atoms with van der Waals surface area (Å²) in [7, 11) is 8.43. The normalized spacial score (nSPS) is 12.1. The van der Waals surface area contributed by atoms with Crippen molar-refractivity contribution in [3.05, 3.63) is 139 Å². The Hall–Kier alpha value is -10.8. The Morgan fingerprint density at radius 3 is 0.910 bits per heavy atom. The number of unbranched alkanes of at least 4 members (excludes halogenated alkanes) is 2. The maximum Gasteiger partial charge on any atom is 0.168 e. The van der Waals surface area contributed by atoms with Gasteiger partial charge in [0.2, 0.25) is 0 Å². The minimum atomic E-state index is 0.303. The molecule has 0 unspecified atom stereocenters. The van der Waals surface area contributed by atoms with Crippen LogP contribution in [0.3, 0.4) is 0 Å². The molecule has 438 valence electrons. The quantitative estimate of drug-likeness (QED) is 0.0825. The van der Waals surface area contributed by atoms with Crippen molar-refractivity contribution in [2.24, 2.45) is 0 Å². The molecule has 2 aliphatic heterocycles. The van der Waals surface area contributed by atoms with Crippen LogP contribution in [0.25, 0.3) is 165 Å². The van der Waals surface area contributed by atoms with Crippen LogP contribution >= 0.6 is 0 Å². The van der Waals surface area contributed by atoms with E-state index in [9.17, 15) is 0 Å². The fraction of sp³-hybridized carbons (Fsp3) is 0.189. The van der Waals surface area contributed by atoms with Gasteiger partial charge in [0.25, 0.3) is 0 Å². The number of aromatic amines is 2. The van der Waals surface area contributed by atoms with Gasteiger partial charge in [-0.1, -0.05) is 124 Å². The average molecular weight is 1170 g/mol. The van der Waals surface area contributed by atoms with E-state index in [1.165, 1.54) is 0 Å². The highest BCUT2D eigenvalue weighted by atomic mass is 16.5. The molecular formula is C74H60N8O7. The van der Waals surface area contributed by atoms with Gasteiger partial charge in [-0.3, -0.25) is 0 Å². The number of fused-ring (bicyclic) bond motifs is 27. The minimum absolute atomic E-state index is 0.303. The molecule has 0 atom stereocenters. The summed E-state index contributed by atoms with van der Waals surface area (Å²) in [5.41, 5.74) is 4.97. The molecular weight excluding hydrogens is 1110 g/mol. The molecule has 2 N–H and O–H groups in total. The number of aromatic nitrogens is 8. The number of nitrogens with one attached hydrogen (secondary N) is 2. The van der Waals surface area contributed by atoms with E-state index in [2.05, 4.69) is 122 Å². The van der Waals surface area contributed by atoms with Crippen molar-refractivity contribution < 1.29 is 33.2 Å². The third kappa shape index (κ3) is 8.03. The summed E-state index contributed by atoms with van der Waals surface area (Å²) in [6.45, 7) is 7.30. The average Bonchev–Trinajstić information content (AvgIpc) is 1.68. The van der Waals surface area contributed by atoms with Crippen molar-refractivity contribution in [2.45, 2.75) is 46.5 Å². The summed E-state index contributed by atoms with van der Waals surface area (Å²) in [5, 5.41) is 15.8. The van der Waals surface area contributed by atoms with Crippen LogP contribution in [0.1, 0.15) is 45.1 Å². The first-order chi connectivity index (χ1) is 43.7. The number of hydrogen-bond acceptors (Lipinski definition) is 13. The lowest BCUT2D eigenvalue weighted by Crippen LogP contribution is -2.01. The Balaban J connectivity index is 1.17. The SMILES string of the molecule is CCCCOc1c2ccccc2c(OCCCC)c2c3nc4nc(nc5[nH]c(nc6nc(nc([nH]3)c12)-c1c-6c(OC)c2cc3ccccc3cc2c1OC)c1c(C)c2cc3ccccc3cc2c(OC)c51)-c1c-4c(OC)c2cc3ccccc3cc2c1OC. The van der Waals surface area contributed by atoms with E-state index >= 15 is 0 Å². The molecule has 89 heavy (non-hydrogen) atoms. The van der Waals surface area contributed by atoms with E-state index < -0.39 is 0 Å². The smallest absolute Gasteiger partial charge is 0.168 e. The second kappa shape index (κ2) is 21.0. The third-order valence-corrected chi connectivity index (χ3v) is 17.8. The predicted molar refractivity (Wildman–Crippen MR) is 357 cm³/mol. The Bertz CT molecular complexity index is 5560. The van der Waals surface area contributed by atoms with Gasteiger partial charge in [0, 0.05) is 43.1 Å². The second-order valence-corrected chi connectivity index (χ2v) is 22.7. The lowest BCUT2D eigenvalue weighted by molar-refractivity contribution is 0.311. The summed E-state index contributed by atoms with van der Waals surface area (Å²) in [6.07, 6.45) is 3.45. The van der Waals surface area contributed by atoms with Crippen molar-refractivity contribution in [1.82, 2.24) is 39.9 Å². The standard InChI is InChI=1S/C74H60N8O7/c1-9-11-29-88-65-44-27-19-20-28-45(44)66(89-30-12-10-2)59-58(65)73-80-71-55-54(61(84-5)48-33-40-23-15-16-24-41(40)34-49(48)62(55)85-6)69(78-71)76-67-52-37(3)46-31-38-21-13-14-22-39(38)32-47(46)60(83-4)53(52)68(75-67)77-70-56-57(72(79-70)81-74(59)82-73)64(87-8)51-36-43-26-18-17-25-42(43)35-50(51)63(56)86-7/h13-28,31-36H,9-12,29-30H2,1-8H3,(H2,75,76,77,78,79,80,81,82). The molecule has 2 aliphatic rings. The van der Waals surface area contributed by atoms with Crippen LogP contribution in [-0.4, -0.2) is 88.6 Å². The van der Waals surface area contributed by atoms with Crippen molar-refractivity contribution in [2.75, 3.05) is 48.8 Å². The molecule has 15 heteroatoms. The zero-order chi connectivity index (χ0) is 60.3.